The van der Waals surface area contributed by atoms with E-state index >= 15 is 0 Å². The van der Waals surface area contributed by atoms with E-state index in [-0.39, 0.29) is 11.3 Å². The lowest BCUT2D eigenvalue weighted by molar-refractivity contribution is -0.122. The van der Waals surface area contributed by atoms with Crippen LogP contribution < -0.4 is 10.1 Å². The summed E-state index contributed by atoms with van der Waals surface area (Å²) in [5.41, 5.74) is 2.17. The fourth-order valence-electron chi connectivity index (χ4n) is 2.38. The molecule has 2 aromatic rings. The molecule has 0 fully saturated rings. The number of carbonyl (C=O) groups is 1. The molecule has 1 atom stereocenters. The lowest BCUT2D eigenvalue weighted by Crippen LogP contribution is -2.30. The number of rotatable bonds is 6. The first-order chi connectivity index (χ1) is 11.8. The first-order valence-electron chi connectivity index (χ1n) is 8.61. The van der Waals surface area contributed by atoms with Crippen LogP contribution in [0, 0.1) is 0 Å². The van der Waals surface area contributed by atoms with Crippen molar-refractivity contribution in [3.63, 3.8) is 0 Å². The highest BCUT2D eigenvalue weighted by Crippen LogP contribution is 2.27. The van der Waals surface area contributed by atoms with Crippen LogP contribution in [0.25, 0.3) is 0 Å². The molecule has 25 heavy (non-hydrogen) atoms. The number of ether oxygens (including phenoxy) is 1. The Labute approximate surface area is 155 Å². The molecule has 1 amide bonds. The topological polar surface area (TPSA) is 38.3 Å². The Morgan fingerprint density at radius 1 is 1.12 bits per heavy atom. The number of thioether (sulfide) groups is 1. The number of hydrogen-bond acceptors (Lipinski definition) is 3. The van der Waals surface area contributed by atoms with Crippen molar-refractivity contribution in [2.45, 2.75) is 51.0 Å². The molecule has 0 saturated carbocycles. The van der Waals surface area contributed by atoms with Gasteiger partial charge in [0.05, 0.1) is 5.69 Å². The molecule has 0 heterocycles. The van der Waals surface area contributed by atoms with Crippen molar-refractivity contribution in [3.8, 4) is 5.75 Å². The van der Waals surface area contributed by atoms with E-state index in [9.17, 15) is 4.79 Å². The van der Waals surface area contributed by atoms with Crippen molar-refractivity contribution >= 4 is 23.4 Å². The van der Waals surface area contributed by atoms with Gasteiger partial charge in [0.1, 0.15) is 5.75 Å². The number of amides is 1. The van der Waals surface area contributed by atoms with Gasteiger partial charge in [0, 0.05) is 4.90 Å². The highest BCUT2D eigenvalue weighted by atomic mass is 32.2. The minimum atomic E-state index is -0.569. The van der Waals surface area contributed by atoms with Gasteiger partial charge in [0.2, 0.25) is 0 Å². The van der Waals surface area contributed by atoms with Gasteiger partial charge in [0.25, 0.3) is 5.91 Å². The smallest absolute Gasteiger partial charge is 0.265 e. The summed E-state index contributed by atoms with van der Waals surface area (Å²) in [5, 5.41) is 2.97. The van der Waals surface area contributed by atoms with Crippen LogP contribution in [0.15, 0.2) is 53.4 Å². The third-order valence-corrected chi connectivity index (χ3v) is 4.80. The van der Waals surface area contributed by atoms with E-state index in [1.807, 2.05) is 48.5 Å². The maximum atomic E-state index is 12.5. The molecule has 4 heteroatoms. The number of anilines is 1. The van der Waals surface area contributed by atoms with Gasteiger partial charge in [-0.3, -0.25) is 4.79 Å². The molecule has 2 aromatic carbocycles. The van der Waals surface area contributed by atoms with Gasteiger partial charge in [-0.1, -0.05) is 52.0 Å². The summed E-state index contributed by atoms with van der Waals surface area (Å²) in [7, 11) is 0. The molecule has 0 bridgehead atoms. The van der Waals surface area contributed by atoms with Gasteiger partial charge in [-0.25, -0.2) is 0 Å². The van der Waals surface area contributed by atoms with E-state index in [2.05, 4.69) is 33.0 Å². The number of benzene rings is 2. The summed E-state index contributed by atoms with van der Waals surface area (Å²) in [6.07, 6.45) is -0.569. The van der Waals surface area contributed by atoms with Gasteiger partial charge in [0.15, 0.2) is 6.10 Å². The normalized spacial score (nSPS) is 12.5. The van der Waals surface area contributed by atoms with Crippen LogP contribution in [0.3, 0.4) is 0 Å². The van der Waals surface area contributed by atoms with E-state index in [0.717, 1.165) is 16.3 Å². The van der Waals surface area contributed by atoms with E-state index in [1.165, 1.54) is 5.56 Å². The van der Waals surface area contributed by atoms with Crippen LogP contribution in [-0.2, 0) is 10.2 Å². The highest BCUT2D eigenvalue weighted by molar-refractivity contribution is 7.99. The van der Waals surface area contributed by atoms with Crippen LogP contribution in [0.2, 0.25) is 0 Å². The second-order valence-electron chi connectivity index (χ2n) is 6.95. The molecule has 134 valence electrons. The van der Waals surface area contributed by atoms with E-state index in [4.69, 9.17) is 4.74 Å². The zero-order valence-electron chi connectivity index (χ0n) is 15.6. The van der Waals surface area contributed by atoms with Gasteiger partial charge in [-0.05, 0) is 47.9 Å². The molecule has 1 unspecified atom stereocenters. The van der Waals surface area contributed by atoms with Crippen LogP contribution in [0.5, 0.6) is 5.75 Å². The Bertz CT molecular complexity index is 705. The maximum Gasteiger partial charge on any atom is 0.265 e. The van der Waals surface area contributed by atoms with E-state index in [1.54, 1.807) is 18.7 Å². The summed E-state index contributed by atoms with van der Waals surface area (Å²) in [6.45, 7) is 10.4. The quantitative estimate of drug-likeness (QED) is 0.694. The molecule has 0 radical (unpaired) electrons. The van der Waals surface area contributed by atoms with Crippen molar-refractivity contribution in [3.05, 3.63) is 54.1 Å². The summed E-state index contributed by atoms with van der Waals surface area (Å²) in [5.74, 6) is 1.51. The molecule has 2 rings (SSSR count). The molecule has 0 saturated heterocycles. The summed E-state index contributed by atoms with van der Waals surface area (Å²) in [4.78, 5) is 13.5. The van der Waals surface area contributed by atoms with Gasteiger partial charge in [-0.15, -0.1) is 11.8 Å². The second kappa shape index (κ2) is 8.43. The number of hydrogen-bond donors (Lipinski definition) is 1. The predicted octanol–water partition coefficient (Wildman–Crippen LogP) is 5.50. The van der Waals surface area contributed by atoms with Crippen LogP contribution >= 0.6 is 11.8 Å². The Hall–Kier alpha value is -1.94. The van der Waals surface area contributed by atoms with Crippen LogP contribution in [-0.4, -0.2) is 17.8 Å². The summed E-state index contributed by atoms with van der Waals surface area (Å²) < 4.78 is 5.80. The van der Waals surface area contributed by atoms with Crippen LogP contribution in [0.4, 0.5) is 5.69 Å². The fourth-order valence-corrected chi connectivity index (χ4v) is 3.14. The SMILES string of the molecule is CCSc1ccccc1NC(=O)C(C)Oc1ccc(C(C)(C)C)cc1. The summed E-state index contributed by atoms with van der Waals surface area (Å²) in [6, 6.07) is 15.8. The predicted molar refractivity (Wildman–Crippen MR) is 107 cm³/mol. The first kappa shape index (κ1) is 19.4. The molecule has 1 N–H and O–H groups in total. The lowest BCUT2D eigenvalue weighted by atomic mass is 9.87. The fraction of sp³-hybridized carbons (Fsp3) is 0.381. The largest absolute Gasteiger partial charge is 0.481 e. The second-order valence-corrected chi connectivity index (χ2v) is 8.26. The average molecular weight is 358 g/mol. The van der Waals surface area contributed by atoms with E-state index in [0.29, 0.717) is 5.75 Å². The first-order valence-corrected chi connectivity index (χ1v) is 9.59. The third kappa shape index (κ3) is 5.53. The maximum absolute atomic E-state index is 12.5. The van der Waals surface area contributed by atoms with Crippen molar-refractivity contribution in [2.75, 3.05) is 11.1 Å². The Kier molecular flexibility index (Phi) is 6.54. The van der Waals surface area contributed by atoms with Crippen molar-refractivity contribution in [1.29, 1.82) is 0 Å². The number of para-hydroxylation sites is 1. The molecular weight excluding hydrogens is 330 g/mol. The molecule has 0 aliphatic carbocycles. The monoisotopic (exact) mass is 357 g/mol. The van der Waals surface area contributed by atoms with Crippen molar-refractivity contribution in [2.24, 2.45) is 0 Å². The highest BCUT2D eigenvalue weighted by Gasteiger charge is 2.17. The average Bonchev–Trinajstić information content (AvgIpc) is 2.56. The lowest BCUT2D eigenvalue weighted by Gasteiger charge is -2.20. The van der Waals surface area contributed by atoms with Gasteiger partial charge in [-0.2, -0.15) is 0 Å². The minimum absolute atomic E-state index is 0.0994. The third-order valence-electron chi connectivity index (χ3n) is 3.85. The molecule has 0 aromatic heterocycles. The zero-order valence-corrected chi connectivity index (χ0v) is 16.4. The van der Waals surface area contributed by atoms with Gasteiger partial charge < -0.3 is 10.1 Å². The van der Waals surface area contributed by atoms with Gasteiger partial charge >= 0.3 is 0 Å². The molecule has 0 aliphatic rings. The number of carbonyl (C=O) groups excluding carboxylic acids is 1. The number of nitrogens with one attached hydrogen (secondary N) is 1. The molecule has 0 aliphatic heterocycles. The summed E-state index contributed by atoms with van der Waals surface area (Å²) >= 11 is 1.71. The Morgan fingerprint density at radius 3 is 2.36 bits per heavy atom. The standard InChI is InChI=1S/C21H27NO2S/c1-6-25-19-10-8-7-9-18(19)22-20(23)15(2)24-17-13-11-16(12-14-17)21(3,4)5/h7-15H,6H2,1-5H3,(H,22,23). The Balaban J connectivity index is 2.01. The Morgan fingerprint density at radius 2 is 1.76 bits per heavy atom. The zero-order chi connectivity index (χ0) is 18.4. The molecule has 3 nitrogen and oxygen atoms in total. The molecular formula is C21H27NO2S. The molecule has 0 spiro atoms. The van der Waals surface area contributed by atoms with Crippen molar-refractivity contribution in [1.82, 2.24) is 0 Å². The minimum Gasteiger partial charge on any atom is -0.481 e. The van der Waals surface area contributed by atoms with Crippen molar-refractivity contribution < 1.29 is 9.53 Å². The van der Waals surface area contributed by atoms with Crippen LogP contribution in [0.1, 0.15) is 40.2 Å². The van der Waals surface area contributed by atoms with E-state index < -0.39 is 6.10 Å².